The highest BCUT2D eigenvalue weighted by Gasteiger charge is 1.83. The van der Waals surface area contributed by atoms with Crippen LogP contribution in [0.1, 0.15) is 0 Å². The van der Waals surface area contributed by atoms with E-state index in [9.17, 15) is 0 Å². The van der Waals surface area contributed by atoms with E-state index in [2.05, 4.69) is 4.72 Å². The molecule has 1 rings (SSSR count). The maximum atomic E-state index is 2.92. The van der Waals surface area contributed by atoms with Gasteiger partial charge in [-0.1, -0.05) is 0 Å². The zero-order chi connectivity index (χ0) is 3.54. The molecule has 0 atom stereocenters. The van der Waals surface area contributed by atoms with Crippen LogP contribution in [-0.4, -0.2) is 0 Å². The van der Waals surface area contributed by atoms with Gasteiger partial charge in [0.15, 0.2) is 0 Å². The average molecular weight is 105 g/mol. The van der Waals surface area contributed by atoms with Crippen LogP contribution in [0.5, 0.6) is 0 Å². The van der Waals surface area contributed by atoms with Gasteiger partial charge < -0.3 is 4.72 Å². The highest BCUT2D eigenvalue weighted by Crippen LogP contribution is 2.22. The summed E-state index contributed by atoms with van der Waals surface area (Å²) in [7, 11) is 3.33. The summed E-state index contributed by atoms with van der Waals surface area (Å²) in [6.45, 7) is 0. The van der Waals surface area contributed by atoms with Gasteiger partial charge in [0.1, 0.15) is 0 Å². The second-order valence-corrected chi connectivity index (χ2v) is 2.54. The van der Waals surface area contributed by atoms with Crippen molar-refractivity contribution >= 4 is 21.8 Å². The molecule has 0 saturated heterocycles. The number of rotatable bonds is 0. The van der Waals surface area contributed by atoms with Gasteiger partial charge in [0, 0.05) is 22.6 Å². The standard InChI is InChI=1S/C2H3NS2/c1-2-4-5-3-1/h1-3H. The van der Waals surface area contributed by atoms with E-state index in [1.165, 1.54) is 0 Å². The third kappa shape index (κ3) is 0.775. The van der Waals surface area contributed by atoms with Crippen molar-refractivity contribution in [3.8, 4) is 0 Å². The lowest BCUT2D eigenvalue weighted by molar-refractivity contribution is 1.46. The van der Waals surface area contributed by atoms with E-state index < -0.39 is 0 Å². The molecule has 0 unspecified atom stereocenters. The maximum absolute atomic E-state index is 2.92. The first-order chi connectivity index (χ1) is 2.50. The molecule has 0 amide bonds. The van der Waals surface area contributed by atoms with Gasteiger partial charge in [0.05, 0.1) is 0 Å². The number of hydrogen-bond donors (Lipinski definition) is 1. The lowest BCUT2D eigenvalue weighted by atomic mass is 11.1. The maximum Gasteiger partial charge on any atom is 0.0229 e. The molecule has 1 nitrogen and oxygen atoms in total. The van der Waals surface area contributed by atoms with Gasteiger partial charge in [-0.15, -0.1) is 0 Å². The largest absolute Gasteiger partial charge is 0.327 e. The number of nitrogens with one attached hydrogen (secondary N) is 1. The fraction of sp³-hybridized carbons (Fsp3) is 0. The van der Waals surface area contributed by atoms with Crippen LogP contribution in [0.3, 0.4) is 0 Å². The van der Waals surface area contributed by atoms with E-state index in [1.807, 2.05) is 11.6 Å². The summed E-state index contributed by atoms with van der Waals surface area (Å²) in [6.07, 6.45) is 1.91. The Bertz CT molecular complexity index is 45.6. The van der Waals surface area contributed by atoms with Crippen LogP contribution in [-0.2, 0) is 0 Å². The van der Waals surface area contributed by atoms with Crippen molar-refractivity contribution in [3.05, 3.63) is 11.6 Å². The van der Waals surface area contributed by atoms with Crippen LogP contribution in [0.25, 0.3) is 0 Å². The summed E-state index contributed by atoms with van der Waals surface area (Å²) in [5, 5.41) is 2.00. The van der Waals surface area contributed by atoms with E-state index in [0.717, 1.165) is 0 Å². The molecule has 0 bridgehead atoms. The van der Waals surface area contributed by atoms with Gasteiger partial charge in [-0.25, -0.2) is 0 Å². The van der Waals surface area contributed by atoms with Crippen LogP contribution in [0.2, 0.25) is 0 Å². The molecule has 0 aromatic rings. The molecule has 0 saturated carbocycles. The van der Waals surface area contributed by atoms with Crippen molar-refractivity contribution in [1.82, 2.24) is 4.72 Å². The normalized spacial score (nSPS) is 19.2. The molecule has 5 heavy (non-hydrogen) atoms. The molecule has 0 radical (unpaired) electrons. The molecular formula is C2H3NS2. The second-order valence-electron chi connectivity index (χ2n) is 0.600. The first-order valence-electron chi connectivity index (χ1n) is 1.23. The Morgan fingerprint density at radius 2 is 2.60 bits per heavy atom. The van der Waals surface area contributed by atoms with Crippen molar-refractivity contribution in [2.45, 2.75) is 0 Å². The molecule has 0 aliphatic carbocycles. The molecule has 0 spiro atoms. The second kappa shape index (κ2) is 1.62. The fourth-order valence-corrected chi connectivity index (χ4v) is 1.25. The summed E-state index contributed by atoms with van der Waals surface area (Å²) in [6, 6.07) is 0. The third-order valence-corrected chi connectivity index (χ3v) is 1.77. The van der Waals surface area contributed by atoms with Crippen LogP contribution in [0, 0.1) is 0 Å². The molecule has 1 N–H and O–H groups in total. The van der Waals surface area contributed by atoms with Crippen LogP contribution < -0.4 is 4.72 Å². The summed E-state index contributed by atoms with van der Waals surface area (Å²) < 4.78 is 2.92. The minimum absolute atomic E-state index is 1.63. The molecule has 0 aromatic carbocycles. The van der Waals surface area contributed by atoms with E-state index in [-0.39, 0.29) is 0 Å². The van der Waals surface area contributed by atoms with Crippen LogP contribution in [0.4, 0.5) is 0 Å². The Labute approximate surface area is 38.7 Å². The lowest BCUT2D eigenvalue weighted by Crippen LogP contribution is -1.76. The summed E-state index contributed by atoms with van der Waals surface area (Å²) in [4.78, 5) is 0. The Hall–Kier alpha value is 0.240. The molecular weight excluding hydrogens is 102 g/mol. The predicted octanol–water partition coefficient (Wildman–Crippen LogP) is 1.36. The van der Waals surface area contributed by atoms with Crippen molar-refractivity contribution in [2.75, 3.05) is 0 Å². The van der Waals surface area contributed by atoms with E-state index in [1.54, 1.807) is 21.8 Å². The van der Waals surface area contributed by atoms with Gasteiger partial charge in [0.2, 0.25) is 0 Å². The van der Waals surface area contributed by atoms with Crippen LogP contribution in [0.15, 0.2) is 11.6 Å². The molecule has 0 fully saturated rings. The minimum atomic E-state index is 1.63. The van der Waals surface area contributed by atoms with E-state index in [0.29, 0.717) is 0 Å². The first-order valence-corrected chi connectivity index (χ1v) is 3.44. The highest BCUT2D eigenvalue weighted by atomic mass is 33.1. The SMILES string of the molecule is C1=CSSN1. The third-order valence-electron chi connectivity index (χ3n) is 0.288. The quantitative estimate of drug-likeness (QED) is 0.369. The monoisotopic (exact) mass is 105 g/mol. The molecule has 1 heterocycles. The molecule has 0 aromatic heterocycles. The first kappa shape index (κ1) is 3.43. The Kier molecular flexibility index (Phi) is 1.11. The van der Waals surface area contributed by atoms with Gasteiger partial charge >= 0.3 is 0 Å². The highest BCUT2D eigenvalue weighted by molar-refractivity contribution is 8.77. The summed E-state index contributed by atoms with van der Waals surface area (Å²) >= 11 is 0. The van der Waals surface area contributed by atoms with Crippen molar-refractivity contribution < 1.29 is 0 Å². The van der Waals surface area contributed by atoms with Gasteiger partial charge in [-0.2, -0.15) is 0 Å². The van der Waals surface area contributed by atoms with E-state index >= 15 is 0 Å². The Balaban J connectivity index is 2.32. The van der Waals surface area contributed by atoms with Gasteiger partial charge in [0.25, 0.3) is 0 Å². The molecule has 1 aliphatic rings. The van der Waals surface area contributed by atoms with Crippen molar-refractivity contribution in [3.63, 3.8) is 0 Å². The Morgan fingerprint density at radius 3 is 2.80 bits per heavy atom. The Morgan fingerprint density at radius 1 is 1.60 bits per heavy atom. The van der Waals surface area contributed by atoms with Crippen molar-refractivity contribution in [2.24, 2.45) is 0 Å². The topological polar surface area (TPSA) is 12.0 Å². The smallest absolute Gasteiger partial charge is 0.0229 e. The van der Waals surface area contributed by atoms with E-state index in [4.69, 9.17) is 0 Å². The van der Waals surface area contributed by atoms with Crippen LogP contribution >= 0.6 is 21.8 Å². The van der Waals surface area contributed by atoms with Crippen molar-refractivity contribution in [1.29, 1.82) is 0 Å². The predicted molar refractivity (Wildman–Crippen MR) is 27.5 cm³/mol. The van der Waals surface area contributed by atoms with Gasteiger partial charge in [-0.05, 0) is 10.8 Å². The van der Waals surface area contributed by atoms with Gasteiger partial charge in [-0.3, -0.25) is 0 Å². The zero-order valence-electron chi connectivity index (χ0n) is 2.47. The summed E-state index contributed by atoms with van der Waals surface area (Å²) in [5.74, 6) is 0. The minimum Gasteiger partial charge on any atom is -0.327 e. The zero-order valence-corrected chi connectivity index (χ0v) is 4.10. The number of hydrogen-bond acceptors (Lipinski definition) is 3. The average Bonchev–Trinajstić information content (AvgIpc) is 1.76. The molecule has 3 heteroatoms. The molecule has 1 aliphatic heterocycles. The summed E-state index contributed by atoms with van der Waals surface area (Å²) in [5.41, 5.74) is 0. The fourth-order valence-electron chi connectivity index (χ4n) is 0.139. The molecule has 28 valence electrons. The lowest BCUT2D eigenvalue weighted by Gasteiger charge is -1.75.